The molecule has 1 heterocycles. The second kappa shape index (κ2) is 3.64. The maximum absolute atomic E-state index is 12.0. The Labute approximate surface area is 74.1 Å². The molecule has 0 aliphatic heterocycles. The van der Waals surface area contributed by atoms with Gasteiger partial charge in [-0.05, 0) is 0 Å². The summed E-state index contributed by atoms with van der Waals surface area (Å²) >= 11 is 0. The zero-order chi connectivity index (χ0) is 10.9. The molecule has 1 aromatic rings. The van der Waals surface area contributed by atoms with E-state index in [1.807, 2.05) is 0 Å². The number of rotatable bonds is 3. The van der Waals surface area contributed by atoms with Crippen LogP contribution in [-0.4, -0.2) is 16.2 Å². The first-order valence-corrected chi connectivity index (χ1v) is 3.24. The van der Waals surface area contributed by atoms with E-state index < -0.39 is 35.8 Å². The first-order chi connectivity index (χ1) is 6.45. The van der Waals surface area contributed by atoms with Gasteiger partial charge in [-0.1, -0.05) is 5.16 Å². The molecule has 0 spiro atoms. The van der Waals surface area contributed by atoms with E-state index in [0.717, 1.165) is 0 Å². The Bertz CT molecular complexity index is 323. The highest BCUT2D eigenvalue weighted by molar-refractivity contribution is 5.90. The lowest BCUT2D eigenvalue weighted by Crippen LogP contribution is -2.04. The maximum Gasteiger partial charge on any atom is 0.341 e. The highest BCUT2D eigenvalue weighted by atomic mass is 19.3. The van der Waals surface area contributed by atoms with Gasteiger partial charge in [-0.25, -0.2) is 22.4 Å². The summed E-state index contributed by atoms with van der Waals surface area (Å²) in [4.78, 5) is 10.3. The van der Waals surface area contributed by atoms with Gasteiger partial charge in [-0.3, -0.25) is 0 Å². The van der Waals surface area contributed by atoms with Crippen molar-refractivity contribution in [2.24, 2.45) is 0 Å². The largest absolute Gasteiger partial charge is 0.477 e. The van der Waals surface area contributed by atoms with Gasteiger partial charge in [0.1, 0.15) is 5.56 Å². The minimum Gasteiger partial charge on any atom is -0.477 e. The van der Waals surface area contributed by atoms with Gasteiger partial charge in [0.2, 0.25) is 5.76 Å². The number of carboxylic acids is 1. The van der Waals surface area contributed by atoms with Crippen molar-refractivity contribution in [3.05, 3.63) is 17.0 Å². The van der Waals surface area contributed by atoms with Crippen molar-refractivity contribution in [1.82, 2.24) is 5.16 Å². The maximum atomic E-state index is 12.0. The fourth-order valence-electron chi connectivity index (χ4n) is 0.829. The van der Waals surface area contributed by atoms with E-state index in [4.69, 9.17) is 5.11 Å². The van der Waals surface area contributed by atoms with Crippen LogP contribution in [0.5, 0.6) is 0 Å². The first-order valence-electron chi connectivity index (χ1n) is 3.24. The molecular formula is C6H3F4NO3. The topological polar surface area (TPSA) is 63.3 Å². The number of aromatic nitrogens is 1. The molecule has 0 unspecified atom stereocenters. The summed E-state index contributed by atoms with van der Waals surface area (Å²) < 4.78 is 51.9. The van der Waals surface area contributed by atoms with Gasteiger partial charge < -0.3 is 9.63 Å². The number of hydrogen-bond acceptors (Lipinski definition) is 3. The van der Waals surface area contributed by atoms with E-state index >= 15 is 0 Å². The third-order valence-electron chi connectivity index (χ3n) is 1.36. The van der Waals surface area contributed by atoms with E-state index in [2.05, 4.69) is 9.68 Å². The molecule has 1 rings (SSSR count). The summed E-state index contributed by atoms with van der Waals surface area (Å²) in [6, 6.07) is 0. The third kappa shape index (κ3) is 1.68. The zero-order valence-electron chi connectivity index (χ0n) is 6.38. The van der Waals surface area contributed by atoms with Crippen LogP contribution in [0.4, 0.5) is 17.6 Å². The van der Waals surface area contributed by atoms with E-state index in [1.165, 1.54) is 0 Å². The number of nitrogens with zero attached hydrogens (tertiary/aromatic N) is 1. The summed E-state index contributed by atoms with van der Waals surface area (Å²) in [6.07, 6.45) is -6.56. The van der Waals surface area contributed by atoms with E-state index in [9.17, 15) is 22.4 Å². The lowest BCUT2D eigenvalue weighted by atomic mass is 10.2. The normalized spacial score (nSPS) is 11.3. The van der Waals surface area contributed by atoms with E-state index in [1.54, 1.807) is 0 Å². The fraction of sp³-hybridized carbons (Fsp3) is 0.333. The Morgan fingerprint density at radius 3 is 2.21 bits per heavy atom. The van der Waals surface area contributed by atoms with Crippen molar-refractivity contribution >= 4 is 5.97 Å². The van der Waals surface area contributed by atoms with Gasteiger partial charge >= 0.3 is 5.97 Å². The van der Waals surface area contributed by atoms with Crippen LogP contribution in [0, 0.1) is 0 Å². The molecular weight excluding hydrogens is 210 g/mol. The average molecular weight is 213 g/mol. The van der Waals surface area contributed by atoms with Crippen molar-refractivity contribution < 1.29 is 32.0 Å². The van der Waals surface area contributed by atoms with Gasteiger partial charge in [0, 0.05) is 0 Å². The Balaban J connectivity index is 3.28. The molecule has 14 heavy (non-hydrogen) atoms. The number of hydrogen-bond donors (Lipinski definition) is 1. The average Bonchev–Trinajstić information content (AvgIpc) is 2.46. The molecule has 0 fully saturated rings. The summed E-state index contributed by atoms with van der Waals surface area (Å²) in [5, 5.41) is 10.9. The van der Waals surface area contributed by atoms with Crippen LogP contribution in [0.15, 0.2) is 4.52 Å². The molecule has 0 bridgehead atoms. The number of carboxylic acid groups (broad SMARTS) is 1. The molecule has 0 aliphatic rings. The minimum atomic E-state index is -3.29. The molecule has 1 aromatic heterocycles. The second-order valence-electron chi connectivity index (χ2n) is 2.21. The van der Waals surface area contributed by atoms with Gasteiger partial charge in [-0.15, -0.1) is 0 Å². The lowest BCUT2D eigenvalue weighted by Gasteiger charge is -1.96. The molecule has 0 atom stereocenters. The highest BCUT2D eigenvalue weighted by Gasteiger charge is 2.32. The molecule has 0 saturated heterocycles. The summed E-state index contributed by atoms with van der Waals surface area (Å²) in [5.41, 5.74) is -2.55. The Morgan fingerprint density at radius 1 is 1.29 bits per heavy atom. The molecule has 0 amide bonds. The molecule has 4 nitrogen and oxygen atoms in total. The molecule has 8 heteroatoms. The molecule has 1 N–H and O–H groups in total. The van der Waals surface area contributed by atoms with Crippen LogP contribution < -0.4 is 0 Å². The minimum absolute atomic E-state index is 1.27. The molecule has 78 valence electrons. The van der Waals surface area contributed by atoms with Crippen LogP contribution in [0.2, 0.25) is 0 Å². The summed E-state index contributed by atoms with van der Waals surface area (Å²) in [5.74, 6) is -3.27. The standard InChI is InChI=1S/C6H3F4NO3/c7-4(8)2-1(6(12)13)3(5(9)10)14-11-2/h4-5H,(H,12,13). The SMILES string of the molecule is O=C(O)c1c(C(F)F)noc1C(F)F. The van der Waals surface area contributed by atoms with Crippen molar-refractivity contribution in [3.63, 3.8) is 0 Å². The summed E-state index contributed by atoms with van der Waals surface area (Å²) in [7, 11) is 0. The van der Waals surface area contributed by atoms with Crippen molar-refractivity contribution in [3.8, 4) is 0 Å². The van der Waals surface area contributed by atoms with E-state index in [-0.39, 0.29) is 0 Å². The van der Waals surface area contributed by atoms with Crippen LogP contribution >= 0.6 is 0 Å². The fourth-order valence-corrected chi connectivity index (χ4v) is 0.829. The first kappa shape index (κ1) is 10.5. The molecule has 0 aliphatic carbocycles. The van der Waals surface area contributed by atoms with Crippen molar-refractivity contribution in [1.29, 1.82) is 0 Å². The van der Waals surface area contributed by atoms with Gasteiger partial charge in [0.25, 0.3) is 12.9 Å². The Morgan fingerprint density at radius 2 is 1.86 bits per heavy atom. The number of halogens is 4. The van der Waals surface area contributed by atoms with Crippen LogP contribution in [0.25, 0.3) is 0 Å². The lowest BCUT2D eigenvalue weighted by molar-refractivity contribution is 0.0662. The molecule has 0 radical (unpaired) electrons. The zero-order valence-corrected chi connectivity index (χ0v) is 6.38. The van der Waals surface area contributed by atoms with Crippen LogP contribution in [0.1, 0.15) is 34.7 Å². The predicted octanol–water partition coefficient (Wildman–Crippen LogP) is 2.25. The quantitative estimate of drug-likeness (QED) is 0.782. The van der Waals surface area contributed by atoms with Crippen LogP contribution in [0.3, 0.4) is 0 Å². The predicted molar refractivity (Wildman–Crippen MR) is 33.4 cm³/mol. The Kier molecular flexibility index (Phi) is 2.73. The Hall–Kier alpha value is -1.60. The smallest absolute Gasteiger partial charge is 0.341 e. The molecule has 0 saturated carbocycles. The number of aromatic carboxylic acids is 1. The summed E-state index contributed by atoms with van der Waals surface area (Å²) in [6.45, 7) is 0. The number of alkyl halides is 4. The van der Waals surface area contributed by atoms with Gasteiger partial charge in [0.05, 0.1) is 0 Å². The van der Waals surface area contributed by atoms with Gasteiger partial charge in [0.15, 0.2) is 5.69 Å². The van der Waals surface area contributed by atoms with Gasteiger partial charge in [-0.2, -0.15) is 0 Å². The van der Waals surface area contributed by atoms with Crippen molar-refractivity contribution in [2.45, 2.75) is 12.9 Å². The van der Waals surface area contributed by atoms with E-state index in [0.29, 0.717) is 0 Å². The number of carbonyl (C=O) groups is 1. The van der Waals surface area contributed by atoms with Crippen molar-refractivity contribution in [2.75, 3.05) is 0 Å². The van der Waals surface area contributed by atoms with Crippen LogP contribution in [-0.2, 0) is 0 Å². The molecule has 0 aromatic carbocycles. The monoisotopic (exact) mass is 213 g/mol. The third-order valence-corrected chi connectivity index (χ3v) is 1.36. The second-order valence-corrected chi connectivity index (χ2v) is 2.21. The highest BCUT2D eigenvalue weighted by Crippen LogP contribution is 2.30.